The van der Waals surface area contributed by atoms with Gasteiger partial charge in [0.25, 0.3) is 0 Å². The third-order valence-corrected chi connectivity index (χ3v) is 4.68. The Morgan fingerprint density at radius 1 is 1.15 bits per heavy atom. The molecule has 0 saturated carbocycles. The lowest BCUT2D eigenvalue weighted by molar-refractivity contribution is -0.128. The lowest BCUT2D eigenvalue weighted by Gasteiger charge is -2.39. The molecule has 6 heteroatoms. The first kappa shape index (κ1) is 23.7. The van der Waals surface area contributed by atoms with Crippen LogP contribution >= 0.6 is 0 Å². The van der Waals surface area contributed by atoms with Crippen molar-refractivity contribution in [2.24, 2.45) is 5.92 Å². The van der Waals surface area contributed by atoms with Gasteiger partial charge >= 0.3 is 6.09 Å². The van der Waals surface area contributed by atoms with E-state index in [1.54, 1.807) is 0 Å². The largest absolute Gasteiger partial charge is 0.444 e. The van der Waals surface area contributed by atoms with Gasteiger partial charge in [-0.15, -0.1) is 0 Å². The van der Waals surface area contributed by atoms with E-state index in [1.807, 2.05) is 67.2 Å². The van der Waals surface area contributed by atoms with Gasteiger partial charge in [0, 0.05) is 24.7 Å². The summed E-state index contributed by atoms with van der Waals surface area (Å²) in [5.41, 5.74) is -0.728. The van der Waals surface area contributed by atoms with Gasteiger partial charge in [-0.3, -0.25) is 9.69 Å². The number of piperidine rings is 1. The molecule has 27 heavy (non-hydrogen) atoms. The Balaban J connectivity index is 2.72. The van der Waals surface area contributed by atoms with E-state index in [9.17, 15) is 9.59 Å². The molecular weight excluding hydrogens is 342 g/mol. The van der Waals surface area contributed by atoms with Gasteiger partial charge in [0.2, 0.25) is 5.91 Å². The van der Waals surface area contributed by atoms with E-state index in [0.717, 1.165) is 25.9 Å². The number of carbonyl (C=O) groups excluding carboxylic acids is 2. The van der Waals surface area contributed by atoms with Gasteiger partial charge in [-0.2, -0.15) is 0 Å². The Kier molecular flexibility index (Phi) is 8.14. The monoisotopic (exact) mass is 383 g/mol. The first-order valence-corrected chi connectivity index (χ1v) is 10.3. The molecule has 0 aliphatic carbocycles. The van der Waals surface area contributed by atoms with Crippen molar-refractivity contribution in [3.05, 3.63) is 0 Å². The lowest BCUT2D eigenvalue weighted by atomic mass is 9.95. The molecule has 0 unspecified atom stereocenters. The minimum absolute atomic E-state index is 0.0657. The molecule has 0 aromatic carbocycles. The summed E-state index contributed by atoms with van der Waals surface area (Å²) in [5, 5.41) is 3.07. The standard InChI is InChI=1S/C21H41N3O3/c1-15(2)24(19(26)27-21(7,8)9)14-17-11-10-12-23(13-17)16(3)18(25)22-20(4,5)6/h15-17H,10-14H2,1-9H3,(H,22,25)/t16-,17+/m1/s1. The van der Waals surface area contributed by atoms with Crippen molar-refractivity contribution < 1.29 is 14.3 Å². The Labute approximate surface area is 166 Å². The molecule has 1 fully saturated rings. The summed E-state index contributed by atoms with van der Waals surface area (Å²) >= 11 is 0. The third-order valence-electron chi connectivity index (χ3n) is 4.68. The van der Waals surface area contributed by atoms with Gasteiger partial charge in [-0.1, -0.05) is 0 Å². The molecule has 0 bridgehead atoms. The van der Waals surface area contributed by atoms with Crippen molar-refractivity contribution in [3.8, 4) is 0 Å². The highest BCUT2D eigenvalue weighted by Crippen LogP contribution is 2.22. The van der Waals surface area contributed by atoms with E-state index in [0.29, 0.717) is 12.5 Å². The lowest BCUT2D eigenvalue weighted by Crippen LogP contribution is -2.54. The van der Waals surface area contributed by atoms with Gasteiger partial charge in [0.05, 0.1) is 6.04 Å². The molecule has 1 aliphatic heterocycles. The Bertz CT molecular complexity index is 506. The fraction of sp³-hybridized carbons (Fsp3) is 0.905. The van der Waals surface area contributed by atoms with Crippen molar-refractivity contribution in [1.82, 2.24) is 15.1 Å². The third kappa shape index (κ3) is 8.50. The zero-order valence-corrected chi connectivity index (χ0v) is 18.9. The molecule has 0 aromatic heterocycles. The number of nitrogens with zero attached hydrogens (tertiary/aromatic N) is 2. The van der Waals surface area contributed by atoms with Gasteiger partial charge in [-0.25, -0.2) is 4.79 Å². The van der Waals surface area contributed by atoms with Crippen LogP contribution in [0.1, 0.15) is 75.2 Å². The van der Waals surface area contributed by atoms with Crippen molar-refractivity contribution in [2.75, 3.05) is 19.6 Å². The molecule has 158 valence electrons. The molecule has 1 aliphatic rings. The van der Waals surface area contributed by atoms with Crippen LogP contribution in [0.5, 0.6) is 0 Å². The summed E-state index contributed by atoms with van der Waals surface area (Å²) in [4.78, 5) is 29.2. The second kappa shape index (κ2) is 9.26. The van der Waals surface area contributed by atoms with Crippen LogP contribution in [0.2, 0.25) is 0 Å². The molecular formula is C21H41N3O3. The van der Waals surface area contributed by atoms with Crippen LogP contribution in [0.15, 0.2) is 0 Å². The smallest absolute Gasteiger partial charge is 0.410 e. The molecule has 0 aromatic rings. The summed E-state index contributed by atoms with van der Waals surface area (Å²) in [5.74, 6) is 0.412. The van der Waals surface area contributed by atoms with E-state index < -0.39 is 5.60 Å². The van der Waals surface area contributed by atoms with Gasteiger partial charge in [-0.05, 0) is 87.6 Å². The van der Waals surface area contributed by atoms with Crippen LogP contribution in [0.25, 0.3) is 0 Å². The Hall–Kier alpha value is -1.30. The molecule has 2 amide bonds. The number of hydrogen-bond donors (Lipinski definition) is 1. The summed E-state index contributed by atoms with van der Waals surface area (Å²) in [6.07, 6.45) is 1.85. The van der Waals surface area contributed by atoms with Crippen LogP contribution in [0.3, 0.4) is 0 Å². The normalized spacial score (nSPS) is 20.3. The average molecular weight is 384 g/mol. The Morgan fingerprint density at radius 2 is 1.74 bits per heavy atom. The number of rotatable bonds is 5. The number of nitrogens with one attached hydrogen (secondary N) is 1. The zero-order chi connectivity index (χ0) is 21.0. The number of likely N-dealkylation sites (tertiary alicyclic amines) is 1. The van der Waals surface area contributed by atoms with Crippen LogP contribution in [0, 0.1) is 5.92 Å². The predicted molar refractivity (Wildman–Crippen MR) is 110 cm³/mol. The average Bonchev–Trinajstić information content (AvgIpc) is 2.48. The number of hydrogen-bond acceptors (Lipinski definition) is 4. The number of amides is 2. The van der Waals surface area contributed by atoms with E-state index in [1.165, 1.54) is 0 Å². The summed E-state index contributed by atoms with van der Waals surface area (Å²) in [6, 6.07) is -0.0853. The molecule has 0 spiro atoms. The first-order valence-electron chi connectivity index (χ1n) is 10.3. The molecule has 1 rings (SSSR count). The first-order chi connectivity index (χ1) is 12.2. The maximum Gasteiger partial charge on any atom is 0.410 e. The number of ether oxygens (including phenoxy) is 1. The van der Waals surface area contributed by atoms with Crippen molar-refractivity contribution in [3.63, 3.8) is 0 Å². The zero-order valence-electron chi connectivity index (χ0n) is 18.9. The van der Waals surface area contributed by atoms with Crippen LogP contribution in [-0.4, -0.2) is 64.7 Å². The van der Waals surface area contributed by atoms with Crippen LogP contribution in [-0.2, 0) is 9.53 Å². The van der Waals surface area contributed by atoms with Gasteiger partial charge in [0.1, 0.15) is 5.60 Å². The molecule has 1 N–H and O–H groups in total. The number of carbonyl (C=O) groups is 2. The highest BCUT2D eigenvalue weighted by molar-refractivity contribution is 5.82. The molecule has 6 nitrogen and oxygen atoms in total. The van der Waals surface area contributed by atoms with Crippen molar-refractivity contribution >= 4 is 12.0 Å². The Morgan fingerprint density at radius 3 is 2.22 bits per heavy atom. The highest BCUT2D eigenvalue weighted by Gasteiger charge is 2.32. The quantitative estimate of drug-likeness (QED) is 0.787. The maximum absolute atomic E-state index is 12.6. The fourth-order valence-electron chi connectivity index (χ4n) is 3.33. The van der Waals surface area contributed by atoms with E-state index in [4.69, 9.17) is 4.74 Å². The SMILES string of the molecule is CC(C)N(C[C@H]1CCCN([C@H](C)C(=O)NC(C)(C)C)C1)C(=O)OC(C)(C)C. The molecule has 1 heterocycles. The van der Waals surface area contributed by atoms with Gasteiger partial charge < -0.3 is 15.0 Å². The van der Waals surface area contributed by atoms with Crippen molar-refractivity contribution in [2.45, 2.75) is 98.4 Å². The second-order valence-corrected chi connectivity index (χ2v) is 10.1. The summed E-state index contributed by atoms with van der Waals surface area (Å²) < 4.78 is 5.58. The summed E-state index contributed by atoms with van der Waals surface area (Å²) in [6.45, 7) is 20.1. The van der Waals surface area contributed by atoms with E-state index in [-0.39, 0.29) is 29.6 Å². The van der Waals surface area contributed by atoms with E-state index >= 15 is 0 Å². The predicted octanol–water partition coefficient (Wildman–Crippen LogP) is 3.65. The topological polar surface area (TPSA) is 61.9 Å². The fourth-order valence-corrected chi connectivity index (χ4v) is 3.33. The summed E-state index contributed by atoms with van der Waals surface area (Å²) in [7, 11) is 0. The van der Waals surface area contributed by atoms with E-state index in [2.05, 4.69) is 10.2 Å². The second-order valence-electron chi connectivity index (χ2n) is 10.1. The maximum atomic E-state index is 12.6. The van der Waals surface area contributed by atoms with Crippen LogP contribution in [0.4, 0.5) is 4.79 Å². The minimum Gasteiger partial charge on any atom is -0.444 e. The van der Waals surface area contributed by atoms with Crippen molar-refractivity contribution in [1.29, 1.82) is 0 Å². The molecule has 2 atom stereocenters. The van der Waals surface area contributed by atoms with Gasteiger partial charge in [0.15, 0.2) is 0 Å². The molecule has 0 radical (unpaired) electrons. The minimum atomic E-state index is -0.498. The van der Waals surface area contributed by atoms with Crippen LogP contribution < -0.4 is 5.32 Å². The highest BCUT2D eigenvalue weighted by atomic mass is 16.6. The molecule has 1 saturated heterocycles.